The van der Waals surface area contributed by atoms with Gasteiger partial charge in [-0.3, -0.25) is 0 Å². The van der Waals surface area contributed by atoms with Gasteiger partial charge in [-0.05, 0) is 45.3 Å². The number of nitrogens with zero attached hydrogens (tertiary/aromatic N) is 2. The predicted molar refractivity (Wildman–Crippen MR) is 73.4 cm³/mol. The number of hydrogen-bond acceptors (Lipinski definition) is 4. The molecule has 1 N–H and O–H groups in total. The monoisotopic (exact) mass is 253 g/mol. The average molecular weight is 253 g/mol. The molecule has 2 heterocycles. The quantitative estimate of drug-likeness (QED) is 0.892. The zero-order valence-corrected chi connectivity index (χ0v) is 11.9. The van der Waals surface area contributed by atoms with Crippen molar-refractivity contribution in [3.05, 3.63) is 16.1 Å². The van der Waals surface area contributed by atoms with Crippen LogP contribution in [0.1, 0.15) is 30.5 Å². The van der Waals surface area contributed by atoms with Crippen LogP contribution in [0.3, 0.4) is 0 Å². The Bertz CT molecular complexity index is 353. The number of hydrogen-bond donors (Lipinski definition) is 1. The van der Waals surface area contributed by atoms with E-state index in [2.05, 4.69) is 41.5 Å². The molecule has 0 radical (unpaired) electrons. The Morgan fingerprint density at radius 1 is 1.47 bits per heavy atom. The van der Waals surface area contributed by atoms with Gasteiger partial charge in [0.25, 0.3) is 0 Å². The van der Waals surface area contributed by atoms with Crippen LogP contribution in [-0.4, -0.2) is 36.6 Å². The summed E-state index contributed by atoms with van der Waals surface area (Å²) >= 11 is 1.75. The van der Waals surface area contributed by atoms with Gasteiger partial charge >= 0.3 is 0 Å². The molecule has 1 fully saturated rings. The number of likely N-dealkylation sites (tertiary alicyclic amines) is 1. The highest BCUT2D eigenvalue weighted by Crippen LogP contribution is 2.29. The van der Waals surface area contributed by atoms with Gasteiger partial charge in [0.05, 0.1) is 0 Å². The lowest BCUT2D eigenvalue weighted by Gasteiger charge is -2.38. The molecule has 0 amide bonds. The van der Waals surface area contributed by atoms with E-state index in [1.807, 2.05) is 0 Å². The lowest BCUT2D eigenvalue weighted by Crippen LogP contribution is -2.41. The molecule has 1 aliphatic rings. The summed E-state index contributed by atoms with van der Waals surface area (Å²) in [5, 5.41) is 6.90. The van der Waals surface area contributed by atoms with E-state index in [4.69, 9.17) is 0 Å². The van der Waals surface area contributed by atoms with Crippen molar-refractivity contribution in [2.24, 2.45) is 5.41 Å². The van der Waals surface area contributed by atoms with Crippen molar-refractivity contribution in [1.29, 1.82) is 0 Å². The lowest BCUT2D eigenvalue weighted by molar-refractivity contribution is 0.137. The maximum absolute atomic E-state index is 4.48. The van der Waals surface area contributed by atoms with Gasteiger partial charge < -0.3 is 10.2 Å². The number of nitrogens with one attached hydrogen (secondary N) is 1. The van der Waals surface area contributed by atoms with E-state index in [-0.39, 0.29) is 0 Å². The zero-order chi connectivity index (χ0) is 12.3. The van der Waals surface area contributed by atoms with Crippen molar-refractivity contribution in [2.75, 3.05) is 26.7 Å². The Kier molecular flexibility index (Phi) is 4.17. The van der Waals surface area contributed by atoms with Crippen LogP contribution in [0.15, 0.2) is 5.38 Å². The number of piperidine rings is 1. The summed E-state index contributed by atoms with van der Waals surface area (Å²) in [6.07, 6.45) is 2.60. The van der Waals surface area contributed by atoms with E-state index in [9.17, 15) is 0 Å². The third kappa shape index (κ3) is 3.76. The first-order valence-electron chi connectivity index (χ1n) is 6.38. The summed E-state index contributed by atoms with van der Waals surface area (Å²) in [5.74, 6) is 0. The van der Waals surface area contributed by atoms with Gasteiger partial charge in [-0.15, -0.1) is 11.3 Å². The second kappa shape index (κ2) is 5.46. The number of aromatic nitrogens is 1. The highest BCUT2D eigenvalue weighted by atomic mass is 32.1. The van der Waals surface area contributed by atoms with Crippen LogP contribution in [0.5, 0.6) is 0 Å². The summed E-state index contributed by atoms with van der Waals surface area (Å²) in [6.45, 7) is 8.95. The molecule has 0 unspecified atom stereocenters. The van der Waals surface area contributed by atoms with Crippen LogP contribution in [0.4, 0.5) is 0 Å². The molecule has 0 aliphatic carbocycles. The van der Waals surface area contributed by atoms with Crippen LogP contribution < -0.4 is 5.32 Å². The molecule has 0 bridgehead atoms. The maximum Gasteiger partial charge on any atom is 0.107 e. The fourth-order valence-corrected chi connectivity index (χ4v) is 3.03. The fourth-order valence-electron chi connectivity index (χ4n) is 2.29. The van der Waals surface area contributed by atoms with Gasteiger partial charge in [-0.1, -0.05) is 6.92 Å². The van der Waals surface area contributed by atoms with Crippen LogP contribution in [-0.2, 0) is 6.54 Å². The Morgan fingerprint density at radius 3 is 2.76 bits per heavy atom. The molecule has 1 aliphatic heterocycles. The Labute approximate surface area is 108 Å². The van der Waals surface area contributed by atoms with Crippen molar-refractivity contribution in [3.8, 4) is 0 Å². The van der Waals surface area contributed by atoms with Crippen molar-refractivity contribution in [3.63, 3.8) is 0 Å². The minimum absolute atomic E-state index is 0.471. The van der Waals surface area contributed by atoms with E-state index in [0.717, 1.165) is 18.8 Å². The van der Waals surface area contributed by atoms with Crippen molar-refractivity contribution in [2.45, 2.75) is 33.2 Å². The Balaban J connectivity index is 1.74. The minimum Gasteiger partial charge on any atom is -0.310 e. The average Bonchev–Trinajstić information content (AvgIpc) is 2.69. The predicted octanol–water partition coefficient (Wildman–Crippen LogP) is 2.27. The number of rotatable bonds is 4. The van der Waals surface area contributed by atoms with Gasteiger partial charge in [0.15, 0.2) is 0 Å². The highest BCUT2D eigenvalue weighted by molar-refractivity contribution is 7.09. The SMILES string of the molecule is Cc1csc(CNCC2(C)CCN(C)CC2)n1. The first-order valence-corrected chi connectivity index (χ1v) is 7.26. The molecular weight excluding hydrogens is 230 g/mol. The van der Waals surface area contributed by atoms with Gasteiger partial charge in [0.1, 0.15) is 5.01 Å². The van der Waals surface area contributed by atoms with Crippen LogP contribution in [0.25, 0.3) is 0 Å². The summed E-state index contributed by atoms with van der Waals surface area (Å²) < 4.78 is 0. The van der Waals surface area contributed by atoms with Crippen LogP contribution in [0, 0.1) is 12.3 Å². The molecule has 0 saturated carbocycles. The van der Waals surface area contributed by atoms with Gasteiger partial charge in [0, 0.05) is 24.2 Å². The van der Waals surface area contributed by atoms with E-state index in [0.29, 0.717) is 5.41 Å². The standard InChI is InChI=1S/C13H23N3S/c1-11-9-17-12(15-11)8-14-10-13(2)4-6-16(3)7-5-13/h9,14H,4-8,10H2,1-3H3. The molecule has 0 spiro atoms. The largest absolute Gasteiger partial charge is 0.310 e. The fraction of sp³-hybridized carbons (Fsp3) is 0.769. The van der Waals surface area contributed by atoms with E-state index < -0.39 is 0 Å². The molecule has 4 heteroatoms. The molecule has 0 aromatic carbocycles. The first-order chi connectivity index (χ1) is 8.07. The van der Waals surface area contributed by atoms with Crippen LogP contribution in [0.2, 0.25) is 0 Å². The second-order valence-corrected chi connectivity index (χ2v) is 6.54. The van der Waals surface area contributed by atoms with Crippen molar-refractivity contribution in [1.82, 2.24) is 15.2 Å². The Hall–Kier alpha value is -0.450. The van der Waals surface area contributed by atoms with Crippen molar-refractivity contribution < 1.29 is 0 Å². The molecule has 1 saturated heterocycles. The molecule has 0 atom stereocenters. The normalized spacial score (nSPS) is 20.6. The Morgan fingerprint density at radius 2 is 2.18 bits per heavy atom. The number of thiazole rings is 1. The highest BCUT2D eigenvalue weighted by Gasteiger charge is 2.28. The zero-order valence-electron chi connectivity index (χ0n) is 11.1. The molecule has 2 rings (SSSR count). The lowest BCUT2D eigenvalue weighted by atomic mass is 9.80. The van der Waals surface area contributed by atoms with E-state index >= 15 is 0 Å². The van der Waals surface area contributed by atoms with Gasteiger partial charge in [-0.2, -0.15) is 0 Å². The second-order valence-electron chi connectivity index (χ2n) is 5.60. The summed E-state index contributed by atoms with van der Waals surface area (Å²) in [5.41, 5.74) is 1.61. The van der Waals surface area contributed by atoms with Crippen molar-refractivity contribution >= 4 is 11.3 Å². The van der Waals surface area contributed by atoms with Gasteiger partial charge in [-0.25, -0.2) is 4.98 Å². The van der Waals surface area contributed by atoms with E-state index in [1.54, 1.807) is 11.3 Å². The third-order valence-corrected chi connectivity index (χ3v) is 4.66. The summed E-state index contributed by atoms with van der Waals surface area (Å²) in [6, 6.07) is 0. The summed E-state index contributed by atoms with van der Waals surface area (Å²) in [7, 11) is 2.21. The van der Waals surface area contributed by atoms with Crippen LogP contribution >= 0.6 is 11.3 Å². The first kappa shape index (κ1) is 13.0. The minimum atomic E-state index is 0.471. The maximum atomic E-state index is 4.48. The number of aryl methyl sites for hydroxylation is 1. The molecule has 3 nitrogen and oxygen atoms in total. The molecular formula is C13H23N3S. The molecule has 1 aromatic heterocycles. The molecule has 96 valence electrons. The van der Waals surface area contributed by atoms with E-state index in [1.165, 1.54) is 30.9 Å². The molecule has 17 heavy (non-hydrogen) atoms. The van der Waals surface area contributed by atoms with Gasteiger partial charge in [0.2, 0.25) is 0 Å². The topological polar surface area (TPSA) is 28.2 Å². The molecule has 1 aromatic rings. The third-order valence-electron chi connectivity index (χ3n) is 3.69. The summed E-state index contributed by atoms with van der Waals surface area (Å²) in [4.78, 5) is 6.90. The smallest absolute Gasteiger partial charge is 0.107 e.